The number of H-pyrrole nitrogens is 1. The number of hydrogen-bond donors (Lipinski definition) is 3. The lowest BCUT2D eigenvalue weighted by molar-refractivity contribution is 0.238. The van der Waals surface area contributed by atoms with Gasteiger partial charge in [-0.3, -0.25) is 10.1 Å². The molecule has 96 valence electrons. The van der Waals surface area contributed by atoms with Crippen LogP contribution in [-0.2, 0) is 6.54 Å². The van der Waals surface area contributed by atoms with Gasteiger partial charge in [0.2, 0.25) is 0 Å². The van der Waals surface area contributed by atoms with Crippen LogP contribution in [0.4, 0.5) is 0 Å². The van der Waals surface area contributed by atoms with E-state index >= 15 is 0 Å². The fourth-order valence-corrected chi connectivity index (χ4v) is 1.80. The number of aromatic nitrogens is 3. The fraction of sp³-hybridized carbons (Fsp3) is 0.385. The van der Waals surface area contributed by atoms with E-state index in [4.69, 9.17) is 5.11 Å². The van der Waals surface area contributed by atoms with Gasteiger partial charge in [0.1, 0.15) is 0 Å². The fourth-order valence-electron chi connectivity index (χ4n) is 1.80. The molecule has 0 amide bonds. The number of pyridine rings is 1. The summed E-state index contributed by atoms with van der Waals surface area (Å²) in [6.45, 7) is 2.88. The molecule has 0 aliphatic heterocycles. The van der Waals surface area contributed by atoms with Crippen molar-refractivity contribution in [2.45, 2.75) is 25.9 Å². The summed E-state index contributed by atoms with van der Waals surface area (Å²) in [4.78, 5) is 4.10. The minimum absolute atomic E-state index is 0.127. The third kappa shape index (κ3) is 2.94. The summed E-state index contributed by atoms with van der Waals surface area (Å²) in [6.07, 6.45) is 6.26. The Balaban J connectivity index is 2.09. The van der Waals surface area contributed by atoms with Gasteiger partial charge in [-0.05, 0) is 18.6 Å². The van der Waals surface area contributed by atoms with Crippen LogP contribution in [-0.4, -0.2) is 32.9 Å². The lowest BCUT2D eigenvalue weighted by Crippen LogP contribution is -2.31. The predicted molar refractivity (Wildman–Crippen MR) is 69.8 cm³/mol. The van der Waals surface area contributed by atoms with Crippen LogP contribution >= 0.6 is 0 Å². The summed E-state index contributed by atoms with van der Waals surface area (Å²) in [7, 11) is 0. The van der Waals surface area contributed by atoms with Crippen molar-refractivity contribution >= 4 is 0 Å². The van der Waals surface area contributed by atoms with Gasteiger partial charge in [0.05, 0.1) is 18.5 Å². The van der Waals surface area contributed by atoms with E-state index in [2.05, 4.69) is 20.5 Å². The number of nitrogens with zero attached hydrogens (tertiary/aromatic N) is 2. The minimum atomic E-state index is 0.127. The molecule has 0 aromatic carbocycles. The SMILES string of the molecule is CC[C@H](CO)NCc1cn[nH]c1-c1cccnc1. The molecular weight excluding hydrogens is 228 g/mol. The molecule has 1 atom stereocenters. The van der Waals surface area contributed by atoms with Gasteiger partial charge in [0.25, 0.3) is 0 Å². The highest BCUT2D eigenvalue weighted by Gasteiger charge is 2.09. The van der Waals surface area contributed by atoms with Crippen molar-refractivity contribution in [3.05, 3.63) is 36.3 Å². The predicted octanol–water partition coefficient (Wildman–Crippen LogP) is 1.33. The lowest BCUT2D eigenvalue weighted by Gasteiger charge is -2.13. The summed E-state index contributed by atoms with van der Waals surface area (Å²) in [5.41, 5.74) is 3.07. The molecule has 18 heavy (non-hydrogen) atoms. The molecule has 0 spiro atoms. The topological polar surface area (TPSA) is 73.8 Å². The first-order valence-electron chi connectivity index (χ1n) is 6.12. The second kappa shape index (κ2) is 6.28. The maximum atomic E-state index is 9.15. The van der Waals surface area contributed by atoms with Crippen LogP contribution in [0.1, 0.15) is 18.9 Å². The van der Waals surface area contributed by atoms with Gasteiger partial charge in [0, 0.05) is 36.1 Å². The van der Waals surface area contributed by atoms with Crippen LogP contribution in [0.5, 0.6) is 0 Å². The van der Waals surface area contributed by atoms with Crippen molar-refractivity contribution in [3.8, 4) is 11.3 Å². The second-order valence-corrected chi connectivity index (χ2v) is 4.18. The monoisotopic (exact) mass is 246 g/mol. The van der Waals surface area contributed by atoms with E-state index in [0.717, 1.165) is 23.2 Å². The molecule has 2 heterocycles. The molecule has 0 bridgehead atoms. The summed E-state index contributed by atoms with van der Waals surface area (Å²) in [6, 6.07) is 4.02. The first-order valence-corrected chi connectivity index (χ1v) is 6.12. The highest BCUT2D eigenvalue weighted by atomic mass is 16.3. The Morgan fingerprint density at radius 3 is 3.00 bits per heavy atom. The van der Waals surface area contributed by atoms with Crippen LogP contribution in [0, 0.1) is 0 Å². The van der Waals surface area contributed by atoms with E-state index in [0.29, 0.717) is 6.54 Å². The summed E-state index contributed by atoms with van der Waals surface area (Å²) < 4.78 is 0. The van der Waals surface area contributed by atoms with Crippen LogP contribution in [0.2, 0.25) is 0 Å². The molecule has 0 aliphatic rings. The van der Waals surface area contributed by atoms with Crippen molar-refractivity contribution in [2.75, 3.05) is 6.61 Å². The number of rotatable bonds is 6. The Labute approximate surface area is 106 Å². The Hall–Kier alpha value is -1.72. The minimum Gasteiger partial charge on any atom is -0.395 e. The van der Waals surface area contributed by atoms with Crippen LogP contribution in [0.25, 0.3) is 11.3 Å². The molecule has 5 heteroatoms. The number of aliphatic hydroxyl groups excluding tert-OH is 1. The average Bonchev–Trinajstić information content (AvgIpc) is 2.89. The third-order valence-corrected chi connectivity index (χ3v) is 2.96. The number of nitrogens with one attached hydrogen (secondary N) is 2. The number of aromatic amines is 1. The van der Waals surface area contributed by atoms with Gasteiger partial charge in [-0.1, -0.05) is 6.92 Å². The number of aliphatic hydroxyl groups is 1. The van der Waals surface area contributed by atoms with E-state index in [1.165, 1.54) is 0 Å². The van der Waals surface area contributed by atoms with E-state index < -0.39 is 0 Å². The normalized spacial score (nSPS) is 12.6. The quantitative estimate of drug-likeness (QED) is 0.719. The van der Waals surface area contributed by atoms with Crippen molar-refractivity contribution in [3.63, 3.8) is 0 Å². The summed E-state index contributed by atoms with van der Waals surface area (Å²) in [5, 5.41) is 19.5. The molecule has 5 nitrogen and oxygen atoms in total. The Bertz CT molecular complexity index is 465. The maximum absolute atomic E-state index is 9.15. The summed E-state index contributed by atoms with van der Waals surface area (Å²) in [5.74, 6) is 0. The Morgan fingerprint density at radius 1 is 1.44 bits per heavy atom. The van der Waals surface area contributed by atoms with E-state index in [9.17, 15) is 0 Å². The van der Waals surface area contributed by atoms with E-state index in [1.54, 1.807) is 18.6 Å². The van der Waals surface area contributed by atoms with Gasteiger partial charge in [-0.25, -0.2) is 0 Å². The summed E-state index contributed by atoms with van der Waals surface area (Å²) >= 11 is 0. The largest absolute Gasteiger partial charge is 0.395 e. The van der Waals surface area contributed by atoms with Crippen molar-refractivity contribution < 1.29 is 5.11 Å². The average molecular weight is 246 g/mol. The van der Waals surface area contributed by atoms with Crippen molar-refractivity contribution in [2.24, 2.45) is 0 Å². The molecule has 0 fully saturated rings. The maximum Gasteiger partial charge on any atom is 0.0710 e. The molecular formula is C13H18N4O. The zero-order chi connectivity index (χ0) is 12.8. The van der Waals surface area contributed by atoms with Gasteiger partial charge in [-0.15, -0.1) is 0 Å². The molecule has 3 N–H and O–H groups in total. The molecule has 0 saturated carbocycles. The molecule has 0 aliphatic carbocycles. The zero-order valence-corrected chi connectivity index (χ0v) is 10.4. The smallest absolute Gasteiger partial charge is 0.0710 e. The molecule has 0 radical (unpaired) electrons. The lowest BCUT2D eigenvalue weighted by atomic mass is 10.1. The standard InChI is InChI=1S/C13H18N4O/c1-2-12(9-18)15-7-11-8-16-17-13(11)10-4-3-5-14-6-10/h3-6,8,12,15,18H,2,7,9H2,1H3,(H,16,17)/t12-/m1/s1. The van der Waals surface area contributed by atoms with Crippen LogP contribution in [0.3, 0.4) is 0 Å². The Kier molecular flexibility index (Phi) is 4.44. The first-order chi connectivity index (χ1) is 8.85. The highest BCUT2D eigenvalue weighted by Crippen LogP contribution is 2.19. The number of hydrogen-bond acceptors (Lipinski definition) is 4. The van der Waals surface area contributed by atoms with Crippen molar-refractivity contribution in [1.29, 1.82) is 0 Å². The highest BCUT2D eigenvalue weighted by molar-refractivity contribution is 5.61. The van der Waals surface area contributed by atoms with E-state index in [1.807, 2.05) is 19.1 Å². The molecule has 0 unspecified atom stereocenters. The van der Waals surface area contributed by atoms with Crippen molar-refractivity contribution in [1.82, 2.24) is 20.5 Å². The van der Waals surface area contributed by atoms with Crippen LogP contribution < -0.4 is 5.32 Å². The molecule has 2 rings (SSSR count). The van der Waals surface area contributed by atoms with E-state index in [-0.39, 0.29) is 12.6 Å². The molecule has 0 saturated heterocycles. The second-order valence-electron chi connectivity index (χ2n) is 4.18. The zero-order valence-electron chi connectivity index (χ0n) is 10.4. The Morgan fingerprint density at radius 2 is 2.33 bits per heavy atom. The third-order valence-electron chi connectivity index (χ3n) is 2.96. The van der Waals surface area contributed by atoms with Gasteiger partial charge < -0.3 is 10.4 Å². The molecule has 2 aromatic rings. The van der Waals surface area contributed by atoms with Gasteiger partial charge in [0.15, 0.2) is 0 Å². The van der Waals surface area contributed by atoms with Crippen LogP contribution in [0.15, 0.2) is 30.7 Å². The van der Waals surface area contributed by atoms with Gasteiger partial charge in [-0.2, -0.15) is 5.10 Å². The molecule has 2 aromatic heterocycles. The first kappa shape index (κ1) is 12.7. The van der Waals surface area contributed by atoms with Gasteiger partial charge >= 0.3 is 0 Å².